The van der Waals surface area contributed by atoms with Crippen LogP contribution in [-0.4, -0.2) is 38.7 Å². The lowest BCUT2D eigenvalue weighted by Crippen LogP contribution is -2.23. The normalized spacial score (nSPS) is 11.3. The molecule has 9 heteroatoms. The van der Waals surface area contributed by atoms with Crippen LogP contribution in [0.15, 0.2) is 53.4 Å². The van der Waals surface area contributed by atoms with Crippen molar-refractivity contribution in [2.75, 3.05) is 14.2 Å². The molecule has 0 fully saturated rings. The highest BCUT2D eigenvalue weighted by Gasteiger charge is 2.20. The Kier molecular flexibility index (Phi) is 6.00. The zero-order valence-electron chi connectivity index (χ0n) is 16.3. The number of carbonyl (C=O) groups excluding carboxylic acids is 1. The smallest absolute Gasteiger partial charge is 0.269 e. The van der Waals surface area contributed by atoms with Gasteiger partial charge in [-0.05, 0) is 49.4 Å². The molecule has 1 aromatic heterocycles. The SMILES string of the molecule is CNS(=O)(=O)c1cc(-c2cc(C(=O)NCc3ccccc3C)[nH]n2)ccc1OC. The maximum atomic E-state index is 12.4. The second-order valence-corrected chi connectivity index (χ2v) is 8.20. The van der Waals surface area contributed by atoms with Gasteiger partial charge in [0.1, 0.15) is 16.3 Å². The summed E-state index contributed by atoms with van der Waals surface area (Å²) in [6, 6.07) is 14.1. The van der Waals surface area contributed by atoms with Gasteiger partial charge in [-0.25, -0.2) is 13.1 Å². The van der Waals surface area contributed by atoms with Crippen molar-refractivity contribution in [3.8, 4) is 17.0 Å². The predicted molar refractivity (Wildman–Crippen MR) is 109 cm³/mol. The Bertz CT molecular complexity index is 1140. The Labute approximate surface area is 169 Å². The summed E-state index contributed by atoms with van der Waals surface area (Å²) in [6.07, 6.45) is 0. The molecule has 2 aromatic carbocycles. The van der Waals surface area contributed by atoms with Crippen molar-refractivity contribution < 1.29 is 17.9 Å². The van der Waals surface area contributed by atoms with Gasteiger partial charge in [0.2, 0.25) is 10.0 Å². The molecule has 29 heavy (non-hydrogen) atoms. The van der Waals surface area contributed by atoms with Crippen molar-refractivity contribution in [2.45, 2.75) is 18.4 Å². The van der Waals surface area contributed by atoms with Crippen LogP contribution in [0.25, 0.3) is 11.3 Å². The number of hydrogen-bond donors (Lipinski definition) is 3. The van der Waals surface area contributed by atoms with Gasteiger partial charge in [-0.15, -0.1) is 0 Å². The quantitative estimate of drug-likeness (QED) is 0.549. The number of H-pyrrole nitrogens is 1. The van der Waals surface area contributed by atoms with Gasteiger partial charge in [0.15, 0.2) is 0 Å². The third kappa shape index (κ3) is 4.47. The Morgan fingerprint density at radius 2 is 1.93 bits per heavy atom. The molecule has 0 saturated heterocycles. The van der Waals surface area contributed by atoms with E-state index in [2.05, 4.69) is 20.2 Å². The minimum atomic E-state index is -3.72. The van der Waals surface area contributed by atoms with Crippen molar-refractivity contribution >= 4 is 15.9 Å². The Morgan fingerprint density at radius 3 is 2.62 bits per heavy atom. The minimum Gasteiger partial charge on any atom is -0.495 e. The lowest BCUT2D eigenvalue weighted by atomic mass is 10.1. The van der Waals surface area contributed by atoms with Crippen LogP contribution in [0.1, 0.15) is 21.6 Å². The number of methoxy groups -OCH3 is 1. The number of benzene rings is 2. The van der Waals surface area contributed by atoms with Crippen LogP contribution < -0.4 is 14.8 Å². The second-order valence-electron chi connectivity index (χ2n) is 6.35. The van der Waals surface area contributed by atoms with E-state index in [9.17, 15) is 13.2 Å². The number of aromatic amines is 1. The molecule has 3 rings (SSSR count). The maximum Gasteiger partial charge on any atom is 0.269 e. The van der Waals surface area contributed by atoms with Gasteiger partial charge in [0.05, 0.1) is 12.8 Å². The molecule has 3 aromatic rings. The lowest BCUT2D eigenvalue weighted by molar-refractivity contribution is 0.0946. The highest BCUT2D eigenvalue weighted by molar-refractivity contribution is 7.89. The van der Waals surface area contributed by atoms with Crippen LogP contribution in [0, 0.1) is 6.92 Å². The summed E-state index contributed by atoms with van der Waals surface area (Å²) < 4.78 is 31.9. The molecule has 1 amide bonds. The van der Waals surface area contributed by atoms with Gasteiger partial charge >= 0.3 is 0 Å². The Balaban J connectivity index is 1.82. The van der Waals surface area contributed by atoms with Crippen molar-refractivity contribution in [1.82, 2.24) is 20.2 Å². The number of amides is 1. The fourth-order valence-corrected chi connectivity index (χ4v) is 3.74. The summed E-state index contributed by atoms with van der Waals surface area (Å²) in [5.41, 5.74) is 3.38. The monoisotopic (exact) mass is 414 g/mol. The van der Waals surface area contributed by atoms with Gasteiger partial charge in [-0.2, -0.15) is 5.10 Å². The summed E-state index contributed by atoms with van der Waals surface area (Å²) in [7, 11) is -0.992. The van der Waals surface area contributed by atoms with Crippen LogP contribution in [-0.2, 0) is 16.6 Å². The van der Waals surface area contributed by atoms with E-state index in [1.807, 2.05) is 31.2 Å². The zero-order valence-corrected chi connectivity index (χ0v) is 17.1. The van der Waals surface area contributed by atoms with Gasteiger partial charge in [0.25, 0.3) is 5.91 Å². The van der Waals surface area contributed by atoms with Crippen LogP contribution in [0.4, 0.5) is 0 Å². The fraction of sp³-hybridized carbons (Fsp3) is 0.200. The van der Waals surface area contributed by atoms with Crippen molar-refractivity contribution in [3.63, 3.8) is 0 Å². The van der Waals surface area contributed by atoms with Gasteiger partial charge < -0.3 is 10.1 Å². The molecular formula is C20H22N4O4S. The number of nitrogens with zero attached hydrogens (tertiary/aromatic N) is 1. The molecule has 0 radical (unpaired) electrons. The van der Waals surface area contributed by atoms with Gasteiger partial charge in [-0.1, -0.05) is 24.3 Å². The number of rotatable bonds is 7. The molecule has 0 atom stereocenters. The largest absolute Gasteiger partial charge is 0.495 e. The van der Waals surface area contributed by atoms with Gasteiger partial charge in [0, 0.05) is 12.1 Å². The first-order valence-corrected chi connectivity index (χ1v) is 10.3. The molecule has 8 nitrogen and oxygen atoms in total. The molecule has 0 bridgehead atoms. The summed E-state index contributed by atoms with van der Waals surface area (Å²) >= 11 is 0. The highest BCUT2D eigenvalue weighted by Crippen LogP contribution is 2.29. The van der Waals surface area contributed by atoms with Crippen molar-refractivity contribution in [2.24, 2.45) is 0 Å². The van der Waals surface area contributed by atoms with E-state index < -0.39 is 10.0 Å². The van der Waals surface area contributed by atoms with E-state index in [1.165, 1.54) is 20.2 Å². The van der Waals surface area contributed by atoms with E-state index in [0.29, 0.717) is 17.8 Å². The van der Waals surface area contributed by atoms with Crippen LogP contribution in [0.3, 0.4) is 0 Å². The van der Waals surface area contributed by atoms with E-state index in [0.717, 1.165) is 11.1 Å². The summed E-state index contributed by atoms with van der Waals surface area (Å²) in [4.78, 5) is 12.4. The summed E-state index contributed by atoms with van der Waals surface area (Å²) in [5.74, 6) is -0.0848. The topological polar surface area (TPSA) is 113 Å². The number of ether oxygens (including phenoxy) is 1. The molecular weight excluding hydrogens is 392 g/mol. The molecule has 0 spiro atoms. The van der Waals surface area contributed by atoms with Crippen LogP contribution in [0.2, 0.25) is 0 Å². The van der Waals surface area contributed by atoms with Crippen LogP contribution >= 0.6 is 0 Å². The van der Waals surface area contributed by atoms with E-state index >= 15 is 0 Å². The Morgan fingerprint density at radius 1 is 1.17 bits per heavy atom. The first kappa shape index (κ1) is 20.6. The molecule has 1 heterocycles. The summed E-state index contributed by atoms with van der Waals surface area (Å²) in [6.45, 7) is 2.38. The third-order valence-corrected chi connectivity index (χ3v) is 5.98. The van der Waals surface area contributed by atoms with E-state index in [4.69, 9.17) is 4.74 Å². The number of hydrogen-bond acceptors (Lipinski definition) is 5. The van der Waals surface area contributed by atoms with Crippen molar-refractivity contribution in [3.05, 3.63) is 65.4 Å². The molecule has 0 aliphatic carbocycles. The maximum absolute atomic E-state index is 12.4. The third-order valence-electron chi connectivity index (χ3n) is 4.54. The molecule has 0 aliphatic heterocycles. The average molecular weight is 414 g/mol. The minimum absolute atomic E-state index is 0.00597. The molecule has 152 valence electrons. The van der Waals surface area contributed by atoms with Crippen LogP contribution in [0.5, 0.6) is 5.75 Å². The second kappa shape index (κ2) is 8.46. The van der Waals surface area contributed by atoms with E-state index in [-0.39, 0.29) is 22.2 Å². The number of aromatic nitrogens is 2. The number of sulfonamides is 1. The first-order chi connectivity index (χ1) is 13.9. The number of nitrogens with one attached hydrogen (secondary N) is 3. The highest BCUT2D eigenvalue weighted by atomic mass is 32.2. The predicted octanol–water partition coefficient (Wildman–Crippen LogP) is 2.23. The molecule has 0 aliphatic rings. The number of carbonyl (C=O) groups is 1. The average Bonchev–Trinajstić information content (AvgIpc) is 3.23. The zero-order chi connectivity index (χ0) is 21.0. The number of aryl methyl sites for hydroxylation is 1. The first-order valence-electron chi connectivity index (χ1n) is 8.86. The standard InChI is InChI=1S/C20H22N4O4S/c1-13-6-4-5-7-15(13)12-22-20(25)17-11-16(23-24-17)14-8-9-18(28-3)19(10-14)29(26,27)21-2/h4-11,21H,12H2,1-3H3,(H,22,25)(H,23,24). The molecule has 0 unspecified atom stereocenters. The van der Waals surface area contributed by atoms with E-state index in [1.54, 1.807) is 18.2 Å². The Hall–Kier alpha value is -3.17. The molecule has 3 N–H and O–H groups in total. The summed E-state index contributed by atoms with van der Waals surface area (Å²) in [5, 5.41) is 9.69. The van der Waals surface area contributed by atoms with Gasteiger partial charge in [-0.3, -0.25) is 9.89 Å². The lowest BCUT2D eigenvalue weighted by Gasteiger charge is -2.10. The molecule has 0 saturated carbocycles. The van der Waals surface area contributed by atoms with Crippen molar-refractivity contribution in [1.29, 1.82) is 0 Å². The fourth-order valence-electron chi connectivity index (χ4n) is 2.82.